The molecule has 0 bridgehead atoms. The molecule has 0 spiro atoms. The maximum absolute atomic E-state index is 5.95. The van der Waals surface area contributed by atoms with Gasteiger partial charge in [-0.3, -0.25) is 4.98 Å². The van der Waals surface area contributed by atoms with Crippen LogP contribution in [0.5, 0.6) is 5.75 Å². The van der Waals surface area contributed by atoms with E-state index in [1.165, 1.54) is 0 Å². The molecule has 160 valence electrons. The van der Waals surface area contributed by atoms with Crippen molar-refractivity contribution in [3.05, 3.63) is 78.4 Å². The van der Waals surface area contributed by atoms with Gasteiger partial charge in [-0.05, 0) is 61.5 Å². The Kier molecular flexibility index (Phi) is 5.61. The summed E-state index contributed by atoms with van der Waals surface area (Å²) in [7, 11) is 1.69. The third-order valence-electron chi connectivity index (χ3n) is 6.04. The van der Waals surface area contributed by atoms with Crippen LogP contribution in [-0.2, 0) is 4.74 Å². The van der Waals surface area contributed by atoms with Gasteiger partial charge in [-0.1, -0.05) is 12.1 Å². The van der Waals surface area contributed by atoms with Gasteiger partial charge < -0.3 is 24.3 Å². The second-order valence-corrected chi connectivity index (χ2v) is 8.31. The zero-order valence-corrected chi connectivity index (χ0v) is 18.3. The molecule has 0 unspecified atom stereocenters. The van der Waals surface area contributed by atoms with Crippen LogP contribution in [0.3, 0.4) is 0 Å². The van der Waals surface area contributed by atoms with Crippen molar-refractivity contribution in [2.24, 2.45) is 0 Å². The minimum atomic E-state index is -0.0469. The van der Waals surface area contributed by atoms with E-state index in [0.29, 0.717) is 0 Å². The Morgan fingerprint density at radius 3 is 2.90 bits per heavy atom. The molecule has 2 aromatic heterocycles. The number of hydrogen-bond donors (Lipinski definition) is 1. The highest BCUT2D eigenvalue weighted by Crippen LogP contribution is 2.40. The van der Waals surface area contributed by atoms with E-state index in [2.05, 4.69) is 50.2 Å². The van der Waals surface area contributed by atoms with Gasteiger partial charge in [0.05, 0.1) is 31.0 Å². The van der Waals surface area contributed by atoms with E-state index in [-0.39, 0.29) is 18.2 Å². The highest BCUT2D eigenvalue weighted by atomic mass is 32.1. The van der Waals surface area contributed by atoms with E-state index in [4.69, 9.17) is 21.7 Å². The van der Waals surface area contributed by atoms with Gasteiger partial charge in [0.2, 0.25) is 0 Å². The Morgan fingerprint density at radius 1 is 1.19 bits per heavy atom. The summed E-state index contributed by atoms with van der Waals surface area (Å²) in [6.07, 6.45) is 6.29. The van der Waals surface area contributed by atoms with E-state index >= 15 is 0 Å². The van der Waals surface area contributed by atoms with Gasteiger partial charge in [0, 0.05) is 43.0 Å². The molecule has 1 aromatic carbocycles. The fourth-order valence-corrected chi connectivity index (χ4v) is 4.88. The van der Waals surface area contributed by atoms with Crippen LogP contribution in [0.1, 0.15) is 36.3 Å². The van der Waals surface area contributed by atoms with Gasteiger partial charge in [-0.25, -0.2) is 0 Å². The first kappa shape index (κ1) is 20.0. The number of pyridine rings is 1. The Labute approximate surface area is 187 Å². The van der Waals surface area contributed by atoms with E-state index < -0.39 is 0 Å². The number of methoxy groups -OCH3 is 1. The monoisotopic (exact) mass is 434 g/mol. The second-order valence-electron chi connectivity index (χ2n) is 7.92. The lowest BCUT2D eigenvalue weighted by Gasteiger charge is -2.30. The molecule has 6 nitrogen and oxygen atoms in total. The molecule has 0 radical (unpaired) electrons. The van der Waals surface area contributed by atoms with E-state index in [9.17, 15) is 0 Å². The number of aromatic nitrogens is 2. The molecule has 1 N–H and O–H groups in total. The molecule has 3 aromatic rings. The van der Waals surface area contributed by atoms with Gasteiger partial charge in [0.1, 0.15) is 5.75 Å². The molecule has 4 heterocycles. The minimum absolute atomic E-state index is 0.00667. The summed E-state index contributed by atoms with van der Waals surface area (Å²) in [6.45, 7) is 1.59. The smallest absolute Gasteiger partial charge is 0.170 e. The van der Waals surface area contributed by atoms with Crippen LogP contribution in [0, 0.1) is 0 Å². The van der Waals surface area contributed by atoms with Crippen LogP contribution >= 0.6 is 12.2 Å². The van der Waals surface area contributed by atoms with Gasteiger partial charge in [-0.2, -0.15) is 0 Å². The van der Waals surface area contributed by atoms with E-state index in [1.807, 2.05) is 36.5 Å². The van der Waals surface area contributed by atoms with Crippen molar-refractivity contribution in [2.75, 3.05) is 20.3 Å². The van der Waals surface area contributed by atoms with Crippen molar-refractivity contribution >= 4 is 17.3 Å². The number of nitrogens with one attached hydrogen (secondary N) is 1. The number of hydrogen-bond acceptors (Lipinski definition) is 4. The van der Waals surface area contributed by atoms with Crippen LogP contribution in [0.15, 0.2) is 67.0 Å². The Bertz CT molecular complexity index is 1050. The molecule has 2 fully saturated rings. The molecule has 0 amide bonds. The first-order chi connectivity index (χ1) is 15.2. The highest BCUT2D eigenvalue weighted by molar-refractivity contribution is 7.80. The summed E-state index contributed by atoms with van der Waals surface area (Å²) in [5.41, 5.74) is 3.17. The molecular weight excluding hydrogens is 408 g/mol. The van der Waals surface area contributed by atoms with Gasteiger partial charge in [-0.15, -0.1) is 0 Å². The minimum Gasteiger partial charge on any atom is -0.497 e. The average molecular weight is 435 g/mol. The fourth-order valence-electron chi connectivity index (χ4n) is 4.56. The SMILES string of the molecule is COc1cccc(-n2cccc2[C@@H]2[C@@H](c3ccccn3)NC(=S)N2C[C@H]2CCCO2)c1. The predicted molar refractivity (Wildman–Crippen MR) is 123 cm³/mol. The van der Waals surface area contributed by atoms with Crippen LogP contribution in [0.2, 0.25) is 0 Å². The zero-order valence-electron chi connectivity index (χ0n) is 17.5. The summed E-state index contributed by atoms with van der Waals surface area (Å²) in [6, 6.07) is 18.3. The molecule has 3 atom stereocenters. The topological polar surface area (TPSA) is 51.5 Å². The van der Waals surface area contributed by atoms with Crippen LogP contribution < -0.4 is 10.1 Å². The molecular formula is C24H26N4O2S. The van der Waals surface area contributed by atoms with Crippen molar-refractivity contribution in [3.8, 4) is 11.4 Å². The molecule has 2 aliphatic heterocycles. The largest absolute Gasteiger partial charge is 0.497 e. The molecule has 7 heteroatoms. The van der Waals surface area contributed by atoms with Gasteiger partial charge in [0.25, 0.3) is 0 Å². The maximum Gasteiger partial charge on any atom is 0.170 e. The number of rotatable bonds is 6. The molecule has 5 rings (SSSR count). The first-order valence-electron chi connectivity index (χ1n) is 10.7. The molecule has 31 heavy (non-hydrogen) atoms. The third-order valence-corrected chi connectivity index (χ3v) is 6.39. The van der Waals surface area contributed by atoms with Crippen molar-refractivity contribution in [3.63, 3.8) is 0 Å². The van der Waals surface area contributed by atoms with Crippen LogP contribution in [0.25, 0.3) is 5.69 Å². The standard InChI is InChI=1S/C24H26N4O2S/c1-29-18-8-4-7-17(15-18)27-13-5-11-21(27)23-22(20-10-2-3-12-25-20)26-24(31)28(23)16-19-9-6-14-30-19/h2-5,7-8,10-13,15,19,22-23H,6,9,14,16H2,1H3,(H,26,31)/t19-,22-,23-/m1/s1. The maximum atomic E-state index is 5.95. The Morgan fingerprint density at radius 2 is 2.13 bits per heavy atom. The lowest BCUT2D eigenvalue weighted by atomic mass is 10.0. The van der Waals surface area contributed by atoms with E-state index in [0.717, 1.165) is 53.9 Å². The van der Waals surface area contributed by atoms with Crippen molar-refractivity contribution in [2.45, 2.75) is 31.0 Å². The van der Waals surface area contributed by atoms with Crippen molar-refractivity contribution < 1.29 is 9.47 Å². The third kappa shape index (κ3) is 3.91. The van der Waals surface area contributed by atoms with Gasteiger partial charge in [0.15, 0.2) is 5.11 Å². The van der Waals surface area contributed by atoms with Crippen LogP contribution in [0.4, 0.5) is 0 Å². The fraction of sp³-hybridized carbons (Fsp3) is 0.333. The molecule has 2 saturated heterocycles. The normalized spacial score (nSPS) is 23.2. The predicted octanol–water partition coefficient (Wildman–Crippen LogP) is 4.03. The molecule has 0 aliphatic carbocycles. The summed E-state index contributed by atoms with van der Waals surface area (Å²) < 4.78 is 13.6. The Hall–Kier alpha value is -2.90. The highest BCUT2D eigenvalue weighted by Gasteiger charge is 2.42. The molecule has 2 aliphatic rings. The van der Waals surface area contributed by atoms with E-state index in [1.54, 1.807) is 7.11 Å². The second kappa shape index (κ2) is 8.69. The quantitative estimate of drug-likeness (QED) is 0.591. The Balaban J connectivity index is 1.57. The summed E-state index contributed by atoms with van der Waals surface area (Å²) in [5, 5.41) is 4.28. The van der Waals surface area contributed by atoms with Crippen molar-refractivity contribution in [1.82, 2.24) is 19.8 Å². The summed E-state index contributed by atoms with van der Waals surface area (Å²) in [4.78, 5) is 6.92. The lowest BCUT2D eigenvalue weighted by Crippen LogP contribution is -2.36. The zero-order chi connectivity index (χ0) is 21.2. The van der Waals surface area contributed by atoms with Gasteiger partial charge >= 0.3 is 0 Å². The van der Waals surface area contributed by atoms with Crippen molar-refractivity contribution in [1.29, 1.82) is 0 Å². The molecule has 0 saturated carbocycles. The number of thiocarbonyl (C=S) groups is 1. The summed E-state index contributed by atoms with van der Waals surface area (Å²) >= 11 is 5.80. The lowest BCUT2D eigenvalue weighted by molar-refractivity contribution is 0.0836. The summed E-state index contributed by atoms with van der Waals surface area (Å²) in [5.74, 6) is 0.828. The number of benzene rings is 1. The number of ether oxygens (including phenoxy) is 2. The number of nitrogens with zero attached hydrogens (tertiary/aromatic N) is 3. The first-order valence-corrected chi connectivity index (χ1v) is 11.1. The van der Waals surface area contributed by atoms with Crippen LogP contribution in [-0.4, -0.2) is 45.9 Å². The average Bonchev–Trinajstić information content (AvgIpc) is 3.56.